The monoisotopic (exact) mass is 607 g/mol. The number of hydrazone groups is 1. The Balaban J connectivity index is 1.23. The van der Waals surface area contributed by atoms with Crippen molar-refractivity contribution in [2.45, 2.75) is 30.9 Å². The number of carbonyl (C=O) groups is 1. The van der Waals surface area contributed by atoms with E-state index in [9.17, 15) is 13.2 Å². The van der Waals surface area contributed by atoms with Crippen molar-refractivity contribution in [3.8, 4) is 11.5 Å². The molecule has 1 atom stereocenters. The number of nitrogens with zero attached hydrogens (tertiary/aromatic N) is 1. The van der Waals surface area contributed by atoms with Crippen LogP contribution in [0.2, 0.25) is 0 Å². The molecule has 0 bridgehead atoms. The van der Waals surface area contributed by atoms with Crippen LogP contribution in [0.5, 0.6) is 11.5 Å². The lowest BCUT2D eigenvalue weighted by Gasteiger charge is -2.18. The number of ether oxygens (including phenoxy) is 2. The van der Waals surface area contributed by atoms with Crippen LogP contribution in [-0.4, -0.2) is 27.6 Å². The highest BCUT2D eigenvalue weighted by molar-refractivity contribution is 7.89. The van der Waals surface area contributed by atoms with Crippen molar-refractivity contribution in [2.24, 2.45) is 5.10 Å². The first-order chi connectivity index (χ1) is 21.3. The van der Waals surface area contributed by atoms with Gasteiger partial charge in [0.1, 0.15) is 6.61 Å². The summed E-state index contributed by atoms with van der Waals surface area (Å²) < 4.78 is 40.5. The SMILES string of the molecule is COc1cc(/C=N\NC(=O)C[C@@H](NS(=O)(=O)c2ccc(C)cc2)c2ccccc2)ccc1OCc1cccc2ccccc12. The molecule has 0 aliphatic carbocycles. The Morgan fingerprint density at radius 2 is 1.59 bits per heavy atom. The largest absolute Gasteiger partial charge is 0.493 e. The average molecular weight is 608 g/mol. The number of benzene rings is 5. The number of sulfonamides is 1. The van der Waals surface area contributed by atoms with Crippen molar-refractivity contribution in [1.82, 2.24) is 10.1 Å². The van der Waals surface area contributed by atoms with E-state index in [1.54, 1.807) is 61.7 Å². The summed E-state index contributed by atoms with van der Waals surface area (Å²) in [7, 11) is -2.31. The number of amides is 1. The number of hydrogen-bond donors (Lipinski definition) is 2. The summed E-state index contributed by atoms with van der Waals surface area (Å²) in [6, 6.07) is 34.3. The molecule has 0 radical (unpaired) electrons. The van der Waals surface area contributed by atoms with E-state index in [1.165, 1.54) is 18.3 Å². The fraction of sp³-hybridized carbons (Fsp3) is 0.143. The number of carbonyl (C=O) groups excluding carboxylic acids is 1. The molecule has 2 N–H and O–H groups in total. The molecule has 0 unspecified atom stereocenters. The Kier molecular flexibility index (Phi) is 9.69. The normalized spacial score (nSPS) is 12.2. The highest BCUT2D eigenvalue weighted by Crippen LogP contribution is 2.29. The van der Waals surface area contributed by atoms with Crippen LogP contribution in [0.1, 0.15) is 34.7 Å². The smallest absolute Gasteiger partial charge is 0.242 e. The van der Waals surface area contributed by atoms with Gasteiger partial charge < -0.3 is 9.47 Å². The second-order valence-corrected chi connectivity index (χ2v) is 11.9. The van der Waals surface area contributed by atoms with E-state index in [0.29, 0.717) is 29.2 Å². The minimum absolute atomic E-state index is 0.126. The van der Waals surface area contributed by atoms with E-state index in [1.807, 2.05) is 37.3 Å². The van der Waals surface area contributed by atoms with Crippen LogP contribution >= 0.6 is 0 Å². The van der Waals surface area contributed by atoms with Gasteiger partial charge in [-0.25, -0.2) is 18.6 Å². The molecule has 1 amide bonds. The summed E-state index contributed by atoms with van der Waals surface area (Å²) in [5, 5.41) is 6.36. The van der Waals surface area contributed by atoms with Gasteiger partial charge in [-0.1, -0.05) is 90.5 Å². The van der Waals surface area contributed by atoms with Gasteiger partial charge in [0.2, 0.25) is 15.9 Å². The van der Waals surface area contributed by atoms with Crippen LogP contribution in [0.25, 0.3) is 10.8 Å². The van der Waals surface area contributed by atoms with Gasteiger partial charge in [0.05, 0.1) is 24.3 Å². The van der Waals surface area contributed by atoms with Crippen LogP contribution in [0.15, 0.2) is 125 Å². The van der Waals surface area contributed by atoms with Crippen molar-refractivity contribution in [1.29, 1.82) is 0 Å². The molecule has 9 heteroatoms. The average Bonchev–Trinajstić information content (AvgIpc) is 3.04. The maximum absolute atomic E-state index is 13.1. The molecule has 0 aliphatic rings. The summed E-state index contributed by atoms with van der Waals surface area (Å²) in [6.07, 6.45) is 1.33. The summed E-state index contributed by atoms with van der Waals surface area (Å²) in [5.74, 6) is 0.645. The van der Waals surface area contributed by atoms with Crippen molar-refractivity contribution in [3.63, 3.8) is 0 Å². The third-order valence-electron chi connectivity index (χ3n) is 7.07. The Morgan fingerprint density at radius 3 is 2.36 bits per heavy atom. The summed E-state index contributed by atoms with van der Waals surface area (Å²) >= 11 is 0. The summed E-state index contributed by atoms with van der Waals surface area (Å²) in [6.45, 7) is 2.25. The second kappa shape index (κ2) is 14.0. The lowest BCUT2D eigenvalue weighted by Crippen LogP contribution is -2.32. The minimum Gasteiger partial charge on any atom is -0.493 e. The molecule has 0 fully saturated rings. The standard InChI is InChI=1S/C35H33N3O5S/c1-25-15-18-30(19-16-25)44(40,41)38-32(28-10-4-3-5-11-28)22-35(39)37-36-23-26-17-20-33(34(21-26)42-2)43-24-29-13-8-12-27-9-6-7-14-31(27)29/h3-21,23,32,38H,22,24H2,1-2H3,(H,37,39)/b36-23-/t32-/m1/s1. The third kappa shape index (κ3) is 7.69. The maximum atomic E-state index is 13.1. The molecule has 44 heavy (non-hydrogen) atoms. The Hall–Kier alpha value is -4.99. The van der Waals surface area contributed by atoms with E-state index in [-0.39, 0.29) is 11.3 Å². The van der Waals surface area contributed by atoms with Gasteiger partial charge >= 0.3 is 0 Å². The van der Waals surface area contributed by atoms with Crippen LogP contribution in [0.4, 0.5) is 0 Å². The predicted octanol–water partition coefficient (Wildman–Crippen LogP) is 6.30. The first-order valence-corrected chi connectivity index (χ1v) is 15.5. The number of nitrogens with one attached hydrogen (secondary N) is 2. The van der Waals surface area contributed by atoms with Gasteiger partial charge in [0, 0.05) is 6.42 Å². The number of hydrogen-bond acceptors (Lipinski definition) is 6. The zero-order chi connectivity index (χ0) is 30.9. The summed E-state index contributed by atoms with van der Waals surface area (Å²) in [5.41, 5.74) is 5.85. The van der Waals surface area contributed by atoms with Gasteiger partial charge in [0.15, 0.2) is 11.5 Å². The fourth-order valence-corrected chi connectivity index (χ4v) is 5.98. The molecular weight excluding hydrogens is 574 g/mol. The Bertz CT molecular complexity index is 1870. The molecular formula is C35H33N3O5S. The molecule has 5 aromatic carbocycles. The first kappa shape index (κ1) is 30.5. The molecule has 0 aliphatic heterocycles. The number of aryl methyl sites for hydroxylation is 1. The lowest BCUT2D eigenvalue weighted by molar-refractivity contribution is -0.121. The third-order valence-corrected chi connectivity index (χ3v) is 8.56. The van der Waals surface area contributed by atoms with E-state index >= 15 is 0 Å². The van der Waals surface area contributed by atoms with Crippen LogP contribution in [0, 0.1) is 6.92 Å². The molecule has 0 aromatic heterocycles. The maximum Gasteiger partial charge on any atom is 0.242 e. The number of methoxy groups -OCH3 is 1. The first-order valence-electron chi connectivity index (χ1n) is 14.1. The molecule has 5 rings (SSSR count). The van der Waals surface area contributed by atoms with Gasteiger partial charge in [-0.05, 0) is 64.7 Å². The number of rotatable bonds is 12. The van der Waals surface area contributed by atoms with Gasteiger partial charge in [-0.15, -0.1) is 0 Å². The van der Waals surface area contributed by atoms with Gasteiger partial charge in [0.25, 0.3) is 0 Å². The highest BCUT2D eigenvalue weighted by Gasteiger charge is 2.23. The molecule has 8 nitrogen and oxygen atoms in total. The zero-order valence-electron chi connectivity index (χ0n) is 24.4. The molecule has 5 aromatic rings. The zero-order valence-corrected chi connectivity index (χ0v) is 25.3. The van der Waals surface area contributed by atoms with Crippen molar-refractivity contribution >= 4 is 32.9 Å². The molecule has 0 saturated carbocycles. The van der Waals surface area contributed by atoms with E-state index < -0.39 is 22.0 Å². The van der Waals surface area contributed by atoms with Crippen molar-refractivity contribution in [2.75, 3.05) is 7.11 Å². The number of fused-ring (bicyclic) bond motifs is 1. The quantitative estimate of drug-likeness (QED) is 0.128. The van der Waals surface area contributed by atoms with E-state index in [0.717, 1.165) is 21.9 Å². The van der Waals surface area contributed by atoms with E-state index in [4.69, 9.17) is 9.47 Å². The molecule has 0 saturated heterocycles. The topological polar surface area (TPSA) is 106 Å². The Morgan fingerprint density at radius 1 is 0.864 bits per heavy atom. The highest BCUT2D eigenvalue weighted by atomic mass is 32.2. The molecule has 0 spiro atoms. The molecule has 0 heterocycles. The van der Waals surface area contributed by atoms with Crippen molar-refractivity contribution in [3.05, 3.63) is 138 Å². The van der Waals surface area contributed by atoms with Gasteiger partial charge in [-0.3, -0.25) is 4.79 Å². The fourth-order valence-electron chi connectivity index (χ4n) is 4.75. The second-order valence-electron chi connectivity index (χ2n) is 10.2. The Labute approximate surface area is 257 Å². The van der Waals surface area contributed by atoms with E-state index in [2.05, 4.69) is 33.4 Å². The van der Waals surface area contributed by atoms with Crippen LogP contribution < -0.4 is 19.6 Å². The van der Waals surface area contributed by atoms with Crippen LogP contribution in [0.3, 0.4) is 0 Å². The van der Waals surface area contributed by atoms with Crippen molar-refractivity contribution < 1.29 is 22.7 Å². The lowest BCUT2D eigenvalue weighted by atomic mass is 10.0. The van der Waals surface area contributed by atoms with Crippen LogP contribution in [-0.2, 0) is 21.4 Å². The molecule has 224 valence electrons. The van der Waals surface area contributed by atoms with Gasteiger partial charge in [-0.2, -0.15) is 5.10 Å². The summed E-state index contributed by atoms with van der Waals surface area (Å²) in [4.78, 5) is 13.0. The minimum atomic E-state index is -3.87. The predicted molar refractivity (Wildman–Crippen MR) is 172 cm³/mol.